The molecule has 0 aliphatic rings. The molecule has 106 valence electrons. The number of hydrogen-bond acceptors (Lipinski definition) is 4. The zero-order valence-corrected chi connectivity index (χ0v) is 10.8. The molecule has 0 aliphatic heterocycles. The predicted octanol–water partition coefficient (Wildman–Crippen LogP) is 1.42. The molecule has 0 bridgehead atoms. The molecular formula is C10H12F3N3O2S. The van der Waals surface area contributed by atoms with Gasteiger partial charge in [-0.25, -0.2) is 4.98 Å². The minimum atomic E-state index is -4.64. The molecule has 0 radical (unpaired) electrons. The number of thiazole rings is 1. The maximum Gasteiger partial charge on any atom is 0.434 e. The summed E-state index contributed by atoms with van der Waals surface area (Å²) in [4.78, 5) is 24.8. The first-order valence-corrected chi connectivity index (χ1v) is 6.23. The van der Waals surface area contributed by atoms with E-state index in [1.807, 2.05) is 0 Å². The second kappa shape index (κ2) is 6.50. The molecule has 0 aliphatic carbocycles. The van der Waals surface area contributed by atoms with Crippen molar-refractivity contribution in [2.24, 2.45) is 0 Å². The minimum absolute atomic E-state index is 0.175. The van der Waals surface area contributed by atoms with E-state index in [1.165, 1.54) is 6.92 Å². The van der Waals surface area contributed by atoms with Gasteiger partial charge in [0.25, 0.3) is 5.91 Å². The van der Waals surface area contributed by atoms with E-state index in [4.69, 9.17) is 0 Å². The molecular weight excluding hydrogens is 283 g/mol. The SMILES string of the molecule is CC(=O)NCCCNC(=O)c1scnc1C(F)(F)F. The van der Waals surface area contributed by atoms with Crippen LogP contribution in [0.15, 0.2) is 5.51 Å². The molecule has 2 amide bonds. The van der Waals surface area contributed by atoms with Crippen molar-refractivity contribution in [3.05, 3.63) is 16.1 Å². The molecule has 0 aromatic carbocycles. The van der Waals surface area contributed by atoms with Crippen LogP contribution in [0.2, 0.25) is 0 Å². The van der Waals surface area contributed by atoms with E-state index >= 15 is 0 Å². The summed E-state index contributed by atoms with van der Waals surface area (Å²) in [5, 5.41) is 4.86. The monoisotopic (exact) mass is 295 g/mol. The number of aromatic nitrogens is 1. The summed E-state index contributed by atoms with van der Waals surface area (Å²) in [5.74, 6) is -1.01. The van der Waals surface area contributed by atoms with Gasteiger partial charge in [0, 0.05) is 20.0 Å². The van der Waals surface area contributed by atoms with E-state index in [0.29, 0.717) is 24.3 Å². The molecule has 1 aromatic rings. The number of carbonyl (C=O) groups excluding carboxylic acids is 2. The van der Waals surface area contributed by atoms with Crippen LogP contribution in [-0.4, -0.2) is 29.9 Å². The lowest BCUT2D eigenvalue weighted by Gasteiger charge is -2.07. The second-order valence-corrected chi connectivity index (χ2v) is 4.48. The standard InChI is InChI=1S/C10H12F3N3O2S/c1-6(17)14-3-2-4-15-9(18)7-8(10(11,12)13)16-5-19-7/h5H,2-4H2,1H3,(H,14,17)(H,15,18). The average Bonchev–Trinajstić information content (AvgIpc) is 2.76. The fourth-order valence-electron chi connectivity index (χ4n) is 1.24. The van der Waals surface area contributed by atoms with Crippen LogP contribution in [0, 0.1) is 0 Å². The van der Waals surface area contributed by atoms with Gasteiger partial charge in [0.15, 0.2) is 5.69 Å². The third-order valence-electron chi connectivity index (χ3n) is 2.06. The van der Waals surface area contributed by atoms with Crippen LogP contribution >= 0.6 is 11.3 Å². The Hall–Kier alpha value is -1.64. The van der Waals surface area contributed by atoms with Gasteiger partial charge in [-0.15, -0.1) is 11.3 Å². The minimum Gasteiger partial charge on any atom is -0.356 e. The molecule has 0 fully saturated rings. The summed E-state index contributed by atoms with van der Waals surface area (Å²) in [6, 6.07) is 0. The number of hydrogen-bond donors (Lipinski definition) is 2. The molecule has 0 saturated carbocycles. The van der Waals surface area contributed by atoms with Crippen molar-refractivity contribution in [3.63, 3.8) is 0 Å². The van der Waals surface area contributed by atoms with Crippen LogP contribution in [0.3, 0.4) is 0 Å². The quantitative estimate of drug-likeness (QED) is 0.807. The molecule has 0 spiro atoms. The maximum atomic E-state index is 12.5. The molecule has 1 heterocycles. The van der Waals surface area contributed by atoms with E-state index in [0.717, 1.165) is 5.51 Å². The smallest absolute Gasteiger partial charge is 0.356 e. The van der Waals surface area contributed by atoms with Crippen molar-refractivity contribution in [1.82, 2.24) is 15.6 Å². The second-order valence-electron chi connectivity index (χ2n) is 3.62. The Labute approximate surface area is 111 Å². The largest absolute Gasteiger partial charge is 0.434 e. The van der Waals surface area contributed by atoms with Crippen LogP contribution in [-0.2, 0) is 11.0 Å². The van der Waals surface area contributed by atoms with Gasteiger partial charge in [0.1, 0.15) is 4.88 Å². The van der Waals surface area contributed by atoms with Gasteiger partial charge in [0.2, 0.25) is 5.91 Å². The van der Waals surface area contributed by atoms with E-state index in [2.05, 4.69) is 15.6 Å². The first-order valence-electron chi connectivity index (χ1n) is 5.35. The lowest BCUT2D eigenvalue weighted by molar-refractivity contribution is -0.141. The highest BCUT2D eigenvalue weighted by atomic mass is 32.1. The van der Waals surface area contributed by atoms with Gasteiger partial charge >= 0.3 is 6.18 Å². The van der Waals surface area contributed by atoms with E-state index in [-0.39, 0.29) is 12.5 Å². The number of carbonyl (C=O) groups is 2. The lowest BCUT2D eigenvalue weighted by Crippen LogP contribution is -2.29. The van der Waals surface area contributed by atoms with E-state index in [1.54, 1.807) is 0 Å². The highest BCUT2D eigenvalue weighted by molar-refractivity contribution is 7.11. The van der Waals surface area contributed by atoms with E-state index in [9.17, 15) is 22.8 Å². The van der Waals surface area contributed by atoms with Crippen molar-refractivity contribution in [2.45, 2.75) is 19.5 Å². The van der Waals surface area contributed by atoms with Gasteiger partial charge < -0.3 is 10.6 Å². The number of nitrogens with zero attached hydrogens (tertiary/aromatic N) is 1. The Balaban J connectivity index is 2.46. The third-order valence-corrected chi connectivity index (χ3v) is 2.88. The Bertz CT molecular complexity index is 459. The van der Waals surface area contributed by atoms with Crippen molar-refractivity contribution >= 4 is 23.2 Å². The van der Waals surface area contributed by atoms with Crippen molar-refractivity contribution < 1.29 is 22.8 Å². The fraction of sp³-hybridized carbons (Fsp3) is 0.500. The summed E-state index contributed by atoms with van der Waals surface area (Å²) in [5.41, 5.74) is -0.188. The lowest BCUT2D eigenvalue weighted by atomic mass is 10.3. The molecule has 1 aromatic heterocycles. The third kappa shape index (κ3) is 4.86. The molecule has 0 atom stereocenters. The molecule has 2 N–H and O–H groups in total. The number of alkyl halides is 3. The summed E-state index contributed by atoms with van der Waals surface area (Å²) in [6.07, 6.45) is -4.20. The van der Waals surface area contributed by atoms with Crippen LogP contribution in [0.5, 0.6) is 0 Å². The van der Waals surface area contributed by atoms with Gasteiger partial charge in [-0.1, -0.05) is 0 Å². The maximum absolute atomic E-state index is 12.5. The number of halogens is 3. The Morgan fingerprint density at radius 2 is 1.95 bits per heavy atom. The van der Waals surface area contributed by atoms with Crippen LogP contribution < -0.4 is 10.6 Å². The summed E-state index contributed by atoms with van der Waals surface area (Å²) < 4.78 is 37.5. The van der Waals surface area contributed by atoms with Crippen molar-refractivity contribution in [2.75, 3.05) is 13.1 Å². The van der Waals surface area contributed by atoms with Crippen LogP contribution in [0.25, 0.3) is 0 Å². The normalized spacial score (nSPS) is 11.2. The van der Waals surface area contributed by atoms with Gasteiger partial charge in [-0.2, -0.15) is 13.2 Å². The predicted molar refractivity (Wildman–Crippen MR) is 62.7 cm³/mol. The summed E-state index contributed by atoms with van der Waals surface area (Å²) in [6.45, 7) is 1.88. The molecule has 0 saturated heterocycles. The van der Waals surface area contributed by atoms with Crippen LogP contribution in [0.1, 0.15) is 28.7 Å². The molecule has 9 heteroatoms. The Morgan fingerprint density at radius 1 is 1.32 bits per heavy atom. The first kappa shape index (κ1) is 15.4. The van der Waals surface area contributed by atoms with Crippen molar-refractivity contribution in [1.29, 1.82) is 0 Å². The number of nitrogens with one attached hydrogen (secondary N) is 2. The molecule has 1 rings (SSSR count). The summed E-state index contributed by atoms with van der Waals surface area (Å²) >= 11 is 0.640. The zero-order chi connectivity index (χ0) is 14.5. The first-order chi connectivity index (χ1) is 8.82. The number of rotatable bonds is 5. The fourth-order valence-corrected chi connectivity index (χ4v) is 1.97. The molecule has 0 unspecified atom stereocenters. The number of amides is 2. The zero-order valence-electron chi connectivity index (χ0n) is 10.0. The highest BCUT2D eigenvalue weighted by Gasteiger charge is 2.38. The highest BCUT2D eigenvalue weighted by Crippen LogP contribution is 2.32. The van der Waals surface area contributed by atoms with Crippen LogP contribution in [0.4, 0.5) is 13.2 Å². The van der Waals surface area contributed by atoms with E-state index < -0.39 is 22.7 Å². The average molecular weight is 295 g/mol. The Kier molecular flexibility index (Phi) is 5.28. The topological polar surface area (TPSA) is 71.1 Å². The van der Waals surface area contributed by atoms with Gasteiger partial charge in [-0.3, -0.25) is 9.59 Å². The Morgan fingerprint density at radius 3 is 2.53 bits per heavy atom. The molecule has 5 nitrogen and oxygen atoms in total. The van der Waals surface area contributed by atoms with Crippen molar-refractivity contribution in [3.8, 4) is 0 Å². The van der Waals surface area contributed by atoms with Gasteiger partial charge in [-0.05, 0) is 6.42 Å². The summed E-state index contributed by atoms with van der Waals surface area (Å²) in [7, 11) is 0. The molecule has 19 heavy (non-hydrogen) atoms. The van der Waals surface area contributed by atoms with Gasteiger partial charge in [0.05, 0.1) is 5.51 Å².